The molecule has 1 aromatic carbocycles. The van der Waals surface area contributed by atoms with E-state index in [1.165, 1.54) is 24.3 Å². The lowest BCUT2D eigenvalue weighted by atomic mass is 10.2. The van der Waals surface area contributed by atoms with E-state index in [1.807, 2.05) is 0 Å². The highest BCUT2D eigenvalue weighted by Gasteiger charge is 2.20. The number of hydrogen-bond donors (Lipinski definition) is 2. The number of nitrogens with one attached hydrogen (secondary N) is 1. The number of rotatable bonds is 5. The van der Waals surface area contributed by atoms with Gasteiger partial charge in [-0.15, -0.1) is 0 Å². The second-order valence-corrected chi connectivity index (χ2v) is 6.14. The summed E-state index contributed by atoms with van der Waals surface area (Å²) in [4.78, 5) is 11.0. The summed E-state index contributed by atoms with van der Waals surface area (Å²) < 4.78 is 31.8. The highest BCUT2D eigenvalue weighted by atomic mass is 32.2. The minimum atomic E-state index is -3.57. The number of amides is 1. The molecule has 0 spiro atoms. The van der Waals surface area contributed by atoms with Crippen molar-refractivity contribution in [2.45, 2.75) is 23.8 Å². The minimum absolute atomic E-state index is 0.0559. The largest absolute Gasteiger partial charge is 0.377 e. The van der Waals surface area contributed by atoms with Crippen LogP contribution >= 0.6 is 0 Å². The van der Waals surface area contributed by atoms with Crippen molar-refractivity contribution < 1.29 is 17.9 Å². The Morgan fingerprint density at radius 1 is 1.37 bits per heavy atom. The summed E-state index contributed by atoms with van der Waals surface area (Å²) in [5.41, 5.74) is 5.37. The number of primary amides is 1. The molecule has 1 saturated heterocycles. The lowest BCUT2D eigenvalue weighted by Gasteiger charge is -2.11. The molecule has 0 aliphatic carbocycles. The van der Waals surface area contributed by atoms with Crippen LogP contribution in [0, 0.1) is 0 Å². The van der Waals surface area contributed by atoms with Crippen molar-refractivity contribution in [3.05, 3.63) is 29.8 Å². The lowest BCUT2D eigenvalue weighted by molar-refractivity contribution is 0.1000. The molecule has 1 aromatic rings. The molecule has 1 fully saturated rings. The van der Waals surface area contributed by atoms with Gasteiger partial charge in [0.05, 0.1) is 11.0 Å². The number of benzene rings is 1. The summed E-state index contributed by atoms with van der Waals surface area (Å²) in [6.07, 6.45) is 1.77. The van der Waals surface area contributed by atoms with Crippen LogP contribution in [-0.4, -0.2) is 33.6 Å². The summed E-state index contributed by atoms with van der Waals surface area (Å²) in [6.45, 7) is 0.944. The quantitative estimate of drug-likeness (QED) is 0.809. The maximum Gasteiger partial charge on any atom is 0.248 e. The Hall–Kier alpha value is -1.44. The van der Waals surface area contributed by atoms with Crippen molar-refractivity contribution in [2.24, 2.45) is 5.73 Å². The Morgan fingerprint density at radius 2 is 2.05 bits per heavy atom. The molecule has 104 valence electrons. The van der Waals surface area contributed by atoms with Crippen molar-refractivity contribution >= 4 is 15.9 Å². The van der Waals surface area contributed by atoms with E-state index < -0.39 is 15.9 Å². The first-order valence-electron chi connectivity index (χ1n) is 6.00. The molecule has 0 bridgehead atoms. The lowest BCUT2D eigenvalue weighted by Crippen LogP contribution is -2.31. The van der Waals surface area contributed by atoms with E-state index in [1.54, 1.807) is 0 Å². The van der Waals surface area contributed by atoms with E-state index in [4.69, 9.17) is 10.5 Å². The Balaban J connectivity index is 2.03. The SMILES string of the molecule is NC(=O)c1ccc(S(=O)(=O)NC[C@@H]2CCCO2)cc1. The number of carbonyl (C=O) groups is 1. The van der Waals surface area contributed by atoms with Gasteiger partial charge in [0.2, 0.25) is 15.9 Å². The third-order valence-electron chi connectivity index (χ3n) is 2.97. The second-order valence-electron chi connectivity index (χ2n) is 4.38. The van der Waals surface area contributed by atoms with E-state index in [0.717, 1.165) is 12.8 Å². The van der Waals surface area contributed by atoms with Crippen LogP contribution in [0.5, 0.6) is 0 Å². The highest BCUT2D eigenvalue weighted by Crippen LogP contribution is 2.13. The molecule has 0 radical (unpaired) electrons. The predicted octanol–water partition coefficient (Wildman–Crippen LogP) is 0.243. The molecule has 7 heteroatoms. The molecule has 1 atom stereocenters. The maximum atomic E-state index is 12.0. The third-order valence-corrected chi connectivity index (χ3v) is 4.41. The fraction of sp³-hybridized carbons (Fsp3) is 0.417. The molecular formula is C12H16N2O4S. The average molecular weight is 284 g/mol. The highest BCUT2D eigenvalue weighted by molar-refractivity contribution is 7.89. The number of nitrogens with two attached hydrogens (primary N) is 1. The van der Waals surface area contributed by atoms with Gasteiger partial charge in [0, 0.05) is 18.7 Å². The molecule has 19 heavy (non-hydrogen) atoms. The monoisotopic (exact) mass is 284 g/mol. The van der Waals surface area contributed by atoms with E-state index in [2.05, 4.69) is 4.72 Å². The van der Waals surface area contributed by atoms with Crippen molar-refractivity contribution in [1.82, 2.24) is 4.72 Å². The first-order valence-corrected chi connectivity index (χ1v) is 7.48. The summed E-state index contributed by atoms with van der Waals surface area (Å²) >= 11 is 0. The molecule has 1 amide bonds. The van der Waals surface area contributed by atoms with E-state index in [9.17, 15) is 13.2 Å². The molecule has 0 saturated carbocycles. The van der Waals surface area contributed by atoms with Gasteiger partial charge in [-0.1, -0.05) is 0 Å². The normalized spacial score (nSPS) is 19.5. The van der Waals surface area contributed by atoms with Crippen LogP contribution in [0.1, 0.15) is 23.2 Å². The van der Waals surface area contributed by atoms with Gasteiger partial charge in [-0.25, -0.2) is 13.1 Å². The summed E-state index contributed by atoms with van der Waals surface area (Å²) in [7, 11) is -3.57. The van der Waals surface area contributed by atoms with Crippen LogP contribution in [-0.2, 0) is 14.8 Å². The standard InChI is InChI=1S/C12H16N2O4S/c13-12(15)9-3-5-11(6-4-9)19(16,17)14-8-10-2-1-7-18-10/h3-6,10,14H,1-2,7-8H2,(H2,13,15)/t10-/m0/s1. The van der Waals surface area contributed by atoms with Gasteiger partial charge in [-0.3, -0.25) is 4.79 Å². The average Bonchev–Trinajstić information content (AvgIpc) is 2.90. The fourth-order valence-corrected chi connectivity index (χ4v) is 2.96. The van der Waals surface area contributed by atoms with E-state index in [-0.39, 0.29) is 23.1 Å². The first kappa shape index (κ1) is 14.0. The van der Waals surface area contributed by atoms with Crippen molar-refractivity contribution in [1.29, 1.82) is 0 Å². The number of hydrogen-bond acceptors (Lipinski definition) is 4. The predicted molar refractivity (Wildman–Crippen MR) is 69.1 cm³/mol. The van der Waals surface area contributed by atoms with Crippen LogP contribution in [0.2, 0.25) is 0 Å². The van der Waals surface area contributed by atoms with Gasteiger partial charge < -0.3 is 10.5 Å². The molecule has 3 N–H and O–H groups in total. The molecule has 1 aliphatic rings. The van der Waals surface area contributed by atoms with Crippen LogP contribution < -0.4 is 10.5 Å². The fourth-order valence-electron chi connectivity index (χ4n) is 1.89. The Labute approximate surface area is 112 Å². The zero-order valence-electron chi connectivity index (χ0n) is 10.3. The molecule has 0 unspecified atom stereocenters. The Kier molecular flexibility index (Phi) is 4.18. The van der Waals surface area contributed by atoms with Crippen molar-refractivity contribution in [3.8, 4) is 0 Å². The van der Waals surface area contributed by atoms with E-state index in [0.29, 0.717) is 6.61 Å². The van der Waals surface area contributed by atoms with Gasteiger partial charge in [0.1, 0.15) is 0 Å². The van der Waals surface area contributed by atoms with Crippen LogP contribution in [0.15, 0.2) is 29.2 Å². The molecule has 1 aliphatic heterocycles. The van der Waals surface area contributed by atoms with Crippen LogP contribution in [0.3, 0.4) is 0 Å². The van der Waals surface area contributed by atoms with Crippen molar-refractivity contribution in [2.75, 3.05) is 13.2 Å². The summed E-state index contributed by atoms with van der Waals surface area (Å²) in [5, 5.41) is 0. The van der Waals surface area contributed by atoms with Crippen LogP contribution in [0.25, 0.3) is 0 Å². The topological polar surface area (TPSA) is 98.5 Å². The zero-order valence-corrected chi connectivity index (χ0v) is 11.2. The molecule has 0 aromatic heterocycles. The number of ether oxygens (including phenoxy) is 1. The number of sulfonamides is 1. The summed E-state index contributed by atoms with van der Waals surface area (Å²) in [6, 6.07) is 5.50. The van der Waals surface area contributed by atoms with Gasteiger partial charge in [-0.2, -0.15) is 0 Å². The van der Waals surface area contributed by atoms with Crippen molar-refractivity contribution in [3.63, 3.8) is 0 Å². The van der Waals surface area contributed by atoms with Crippen LogP contribution in [0.4, 0.5) is 0 Å². The first-order chi connectivity index (χ1) is 8.99. The second kappa shape index (κ2) is 5.68. The molecule has 1 heterocycles. The van der Waals surface area contributed by atoms with Gasteiger partial charge >= 0.3 is 0 Å². The smallest absolute Gasteiger partial charge is 0.248 e. The molecule has 2 rings (SSSR count). The van der Waals surface area contributed by atoms with Gasteiger partial charge in [-0.05, 0) is 37.1 Å². The maximum absolute atomic E-state index is 12.0. The van der Waals surface area contributed by atoms with E-state index >= 15 is 0 Å². The molecular weight excluding hydrogens is 268 g/mol. The van der Waals surface area contributed by atoms with Gasteiger partial charge in [0.25, 0.3) is 0 Å². The minimum Gasteiger partial charge on any atom is -0.377 e. The summed E-state index contributed by atoms with van der Waals surface area (Å²) in [5.74, 6) is -0.587. The molecule has 6 nitrogen and oxygen atoms in total. The number of carbonyl (C=O) groups excluding carboxylic acids is 1. The Bertz CT molecular complexity index is 548. The zero-order chi connectivity index (χ0) is 13.9. The third kappa shape index (κ3) is 3.52. The van der Waals surface area contributed by atoms with Gasteiger partial charge in [0.15, 0.2) is 0 Å². The Morgan fingerprint density at radius 3 is 2.58 bits per heavy atom.